The predicted octanol–water partition coefficient (Wildman–Crippen LogP) is 5.85. The normalized spacial score (nSPS) is 13.7. The molecular weight excluding hydrogens is 504 g/mol. The van der Waals surface area contributed by atoms with Gasteiger partial charge in [0, 0.05) is 17.1 Å². The van der Waals surface area contributed by atoms with Crippen LogP contribution in [-0.2, 0) is 19.3 Å². The number of hydrogen-bond acceptors (Lipinski definition) is 5. The van der Waals surface area contributed by atoms with Crippen molar-refractivity contribution in [2.24, 2.45) is 0 Å². The summed E-state index contributed by atoms with van der Waals surface area (Å²) in [6, 6.07) is 15.5. The van der Waals surface area contributed by atoms with E-state index in [2.05, 4.69) is 17.2 Å². The zero-order valence-corrected chi connectivity index (χ0v) is 23.7. The summed E-state index contributed by atoms with van der Waals surface area (Å²) < 4.78 is 17.5. The standard InChI is InChI=1S/C33H38N2O5/c1-5-8-20(2)40-30-14-21-11-12-22-15-31(38-3)32(39-4)17-27(22)26(21)16-28(30)33(37)35-24(19-36)13-23-18-34-29-10-7-6-9-25(23)29/h6-7,9-10,14-18,20,24,34,36H,5,8,11-13,19H2,1-4H3,(H,35,37). The van der Waals surface area contributed by atoms with Gasteiger partial charge in [-0.1, -0.05) is 31.5 Å². The van der Waals surface area contributed by atoms with Crippen LogP contribution < -0.4 is 19.5 Å². The van der Waals surface area contributed by atoms with Crippen LogP contribution in [0.3, 0.4) is 0 Å². The molecule has 1 aliphatic carbocycles. The summed E-state index contributed by atoms with van der Waals surface area (Å²) in [6.07, 6.45) is 5.97. The minimum absolute atomic E-state index is 0.0327. The molecule has 40 heavy (non-hydrogen) atoms. The topological polar surface area (TPSA) is 92.8 Å². The molecule has 0 bridgehead atoms. The lowest BCUT2D eigenvalue weighted by Crippen LogP contribution is -2.39. The van der Waals surface area contributed by atoms with Crippen molar-refractivity contribution in [2.45, 2.75) is 58.1 Å². The van der Waals surface area contributed by atoms with Crippen molar-refractivity contribution in [3.63, 3.8) is 0 Å². The maximum Gasteiger partial charge on any atom is 0.255 e. The Kier molecular flexibility index (Phi) is 8.31. The molecule has 1 amide bonds. The fraction of sp³-hybridized carbons (Fsp3) is 0.364. The molecule has 1 heterocycles. The van der Waals surface area contributed by atoms with Crippen molar-refractivity contribution < 1.29 is 24.1 Å². The van der Waals surface area contributed by atoms with Gasteiger partial charge in [0.1, 0.15) is 5.75 Å². The first-order chi connectivity index (χ1) is 19.4. The molecular formula is C33H38N2O5. The number of hydrogen-bond donors (Lipinski definition) is 3. The lowest BCUT2D eigenvalue weighted by Gasteiger charge is -2.25. The zero-order chi connectivity index (χ0) is 28.2. The number of aliphatic hydroxyl groups is 1. The summed E-state index contributed by atoms with van der Waals surface area (Å²) >= 11 is 0. The van der Waals surface area contributed by atoms with Crippen LogP contribution in [0.5, 0.6) is 17.2 Å². The van der Waals surface area contributed by atoms with E-state index in [1.54, 1.807) is 14.2 Å². The minimum atomic E-state index is -0.458. The average Bonchev–Trinajstić information content (AvgIpc) is 3.38. The van der Waals surface area contributed by atoms with E-state index in [0.717, 1.165) is 64.4 Å². The van der Waals surface area contributed by atoms with Gasteiger partial charge in [-0.25, -0.2) is 0 Å². The molecule has 1 aromatic heterocycles. The van der Waals surface area contributed by atoms with Gasteiger partial charge in [-0.3, -0.25) is 4.79 Å². The van der Waals surface area contributed by atoms with Gasteiger partial charge in [-0.2, -0.15) is 0 Å². The van der Waals surface area contributed by atoms with Gasteiger partial charge in [0.25, 0.3) is 5.91 Å². The first-order valence-corrected chi connectivity index (χ1v) is 14.0. The Hall–Kier alpha value is -3.97. The van der Waals surface area contributed by atoms with Gasteiger partial charge < -0.3 is 29.6 Å². The van der Waals surface area contributed by atoms with Crippen LogP contribution in [0.1, 0.15) is 53.7 Å². The van der Waals surface area contributed by atoms with E-state index in [-0.39, 0.29) is 18.6 Å². The van der Waals surface area contributed by atoms with E-state index in [1.807, 2.05) is 61.7 Å². The molecule has 0 saturated heterocycles. The van der Waals surface area contributed by atoms with Crippen LogP contribution in [0.15, 0.2) is 54.7 Å². The number of nitrogens with one attached hydrogen (secondary N) is 2. The Labute approximate surface area is 235 Å². The molecule has 4 aromatic rings. The quantitative estimate of drug-likeness (QED) is 0.221. The molecule has 0 radical (unpaired) electrons. The van der Waals surface area contributed by atoms with Gasteiger partial charge in [0.15, 0.2) is 11.5 Å². The molecule has 1 aliphatic rings. The lowest BCUT2D eigenvalue weighted by atomic mass is 9.84. The molecule has 0 spiro atoms. The molecule has 2 unspecified atom stereocenters. The summed E-state index contributed by atoms with van der Waals surface area (Å²) in [5.41, 5.74) is 6.83. The van der Waals surface area contributed by atoms with Gasteiger partial charge in [-0.05, 0) is 90.8 Å². The fourth-order valence-electron chi connectivity index (χ4n) is 5.67. The second-order valence-corrected chi connectivity index (χ2v) is 10.5. The van der Waals surface area contributed by atoms with Crippen molar-refractivity contribution >= 4 is 16.8 Å². The smallest absolute Gasteiger partial charge is 0.255 e. The number of aliphatic hydroxyl groups excluding tert-OH is 1. The van der Waals surface area contributed by atoms with E-state index in [4.69, 9.17) is 14.2 Å². The van der Waals surface area contributed by atoms with Crippen molar-refractivity contribution in [1.29, 1.82) is 0 Å². The summed E-state index contributed by atoms with van der Waals surface area (Å²) in [6.45, 7) is 3.97. The second kappa shape index (κ2) is 12.0. The number of ether oxygens (including phenoxy) is 3. The van der Waals surface area contributed by atoms with Crippen LogP contribution in [0.2, 0.25) is 0 Å². The second-order valence-electron chi connectivity index (χ2n) is 10.5. The van der Waals surface area contributed by atoms with Crippen LogP contribution in [0.25, 0.3) is 22.0 Å². The first-order valence-electron chi connectivity index (χ1n) is 14.0. The lowest BCUT2D eigenvalue weighted by molar-refractivity contribution is 0.0909. The Bertz CT molecular complexity index is 1510. The van der Waals surface area contributed by atoms with Gasteiger partial charge in [0.05, 0.1) is 38.5 Å². The molecule has 0 aliphatic heterocycles. The Morgan fingerprint density at radius 1 is 1.00 bits per heavy atom. The molecule has 0 saturated carbocycles. The minimum Gasteiger partial charge on any atom is -0.493 e. The number of carbonyl (C=O) groups is 1. The third-order valence-corrected chi connectivity index (χ3v) is 7.73. The molecule has 210 valence electrons. The number of amides is 1. The predicted molar refractivity (Wildman–Crippen MR) is 158 cm³/mol. The van der Waals surface area contributed by atoms with Crippen LogP contribution in [-0.4, -0.2) is 49.0 Å². The third kappa shape index (κ3) is 5.52. The summed E-state index contributed by atoms with van der Waals surface area (Å²) in [7, 11) is 3.26. The number of rotatable bonds is 11. The maximum atomic E-state index is 13.8. The number of methoxy groups -OCH3 is 2. The molecule has 3 N–H and O–H groups in total. The van der Waals surface area contributed by atoms with E-state index in [9.17, 15) is 9.90 Å². The highest BCUT2D eigenvalue weighted by Gasteiger charge is 2.26. The number of aromatic nitrogens is 1. The Morgan fingerprint density at radius 2 is 1.68 bits per heavy atom. The highest BCUT2D eigenvalue weighted by atomic mass is 16.5. The van der Waals surface area contributed by atoms with Crippen molar-refractivity contribution in [1.82, 2.24) is 10.3 Å². The number of para-hydroxylation sites is 1. The number of aromatic amines is 1. The molecule has 7 heteroatoms. The maximum absolute atomic E-state index is 13.8. The number of H-pyrrole nitrogens is 1. The Balaban J connectivity index is 1.50. The number of benzene rings is 3. The highest BCUT2D eigenvalue weighted by molar-refractivity contribution is 5.99. The van der Waals surface area contributed by atoms with Gasteiger partial charge in [0.2, 0.25) is 0 Å². The monoisotopic (exact) mass is 542 g/mol. The van der Waals surface area contributed by atoms with E-state index < -0.39 is 6.04 Å². The van der Waals surface area contributed by atoms with Gasteiger partial charge >= 0.3 is 0 Å². The molecule has 7 nitrogen and oxygen atoms in total. The highest BCUT2D eigenvalue weighted by Crippen LogP contribution is 2.42. The fourth-order valence-corrected chi connectivity index (χ4v) is 5.67. The number of aryl methyl sites for hydroxylation is 2. The third-order valence-electron chi connectivity index (χ3n) is 7.73. The number of carbonyl (C=O) groups excluding carboxylic acids is 1. The van der Waals surface area contributed by atoms with Crippen molar-refractivity contribution in [3.05, 3.63) is 77.0 Å². The summed E-state index contributed by atoms with van der Waals surface area (Å²) in [5, 5.41) is 14.4. The molecule has 3 aromatic carbocycles. The van der Waals surface area contributed by atoms with E-state index in [0.29, 0.717) is 29.2 Å². The molecule has 5 rings (SSSR count). The number of fused-ring (bicyclic) bond motifs is 4. The van der Waals surface area contributed by atoms with Crippen LogP contribution in [0, 0.1) is 0 Å². The average molecular weight is 543 g/mol. The largest absolute Gasteiger partial charge is 0.493 e. The molecule has 0 fully saturated rings. The summed E-state index contributed by atoms with van der Waals surface area (Å²) in [5.74, 6) is 1.65. The Morgan fingerprint density at radius 3 is 2.38 bits per heavy atom. The zero-order valence-electron chi connectivity index (χ0n) is 23.7. The van der Waals surface area contributed by atoms with Crippen molar-refractivity contribution in [2.75, 3.05) is 20.8 Å². The first kappa shape index (κ1) is 27.6. The SMILES string of the molecule is CCCC(C)Oc1cc2c(cc1C(=O)NC(CO)Cc1c[nH]c3ccccc13)-c1cc(OC)c(OC)cc1CC2. The van der Waals surface area contributed by atoms with E-state index >= 15 is 0 Å². The summed E-state index contributed by atoms with van der Waals surface area (Å²) in [4.78, 5) is 17.1. The molecule has 2 atom stereocenters. The van der Waals surface area contributed by atoms with Gasteiger partial charge in [-0.15, -0.1) is 0 Å². The van der Waals surface area contributed by atoms with E-state index in [1.165, 1.54) is 0 Å². The van der Waals surface area contributed by atoms with Crippen LogP contribution >= 0.6 is 0 Å². The van der Waals surface area contributed by atoms with Crippen molar-refractivity contribution in [3.8, 4) is 28.4 Å². The van der Waals surface area contributed by atoms with Crippen LogP contribution in [0.4, 0.5) is 0 Å².